The Balaban J connectivity index is 2.96. The number of aromatic nitrogens is 1. The van der Waals surface area contributed by atoms with Crippen molar-refractivity contribution in [2.24, 2.45) is 5.41 Å². The molecule has 0 aliphatic carbocycles. The maximum atomic E-state index is 4.79. The highest BCUT2D eigenvalue weighted by molar-refractivity contribution is 7.09. The summed E-state index contributed by atoms with van der Waals surface area (Å²) in [5, 5.41) is 7.05. The third-order valence-electron chi connectivity index (χ3n) is 2.74. The fraction of sp³-hybridized carbons (Fsp3) is 0.786. The molecule has 1 heterocycles. The fourth-order valence-corrected chi connectivity index (χ4v) is 3.01. The molecule has 2 nitrogen and oxygen atoms in total. The summed E-state index contributed by atoms with van der Waals surface area (Å²) in [6, 6.07) is 0.811. The third-order valence-corrected chi connectivity index (χ3v) is 3.67. The van der Waals surface area contributed by atoms with Crippen molar-refractivity contribution in [2.45, 2.75) is 66.5 Å². The second-order valence-corrected chi connectivity index (χ2v) is 7.28. The molecular formula is C14H26N2S. The maximum absolute atomic E-state index is 4.79. The fourth-order valence-electron chi connectivity index (χ4n) is 1.72. The molecule has 0 bridgehead atoms. The van der Waals surface area contributed by atoms with E-state index in [9.17, 15) is 0 Å². The van der Waals surface area contributed by atoms with Gasteiger partial charge in [-0.25, -0.2) is 4.98 Å². The highest BCUT2D eigenvalue weighted by Crippen LogP contribution is 2.35. The highest BCUT2D eigenvalue weighted by atomic mass is 32.1. The maximum Gasteiger partial charge on any atom is 0.110 e. The van der Waals surface area contributed by atoms with Gasteiger partial charge in [0, 0.05) is 11.4 Å². The molecule has 0 aliphatic rings. The summed E-state index contributed by atoms with van der Waals surface area (Å²) in [5.74, 6) is 0.514. The topological polar surface area (TPSA) is 24.9 Å². The Hall–Kier alpha value is -0.410. The van der Waals surface area contributed by atoms with Gasteiger partial charge < -0.3 is 5.32 Å². The Morgan fingerprint density at radius 3 is 2.12 bits per heavy atom. The Kier molecular flexibility index (Phi) is 4.73. The Labute approximate surface area is 110 Å². The van der Waals surface area contributed by atoms with Gasteiger partial charge in [-0.05, 0) is 11.3 Å². The zero-order chi connectivity index (χ0) is 13.2. The van der Waals surface area contributed by atoms with Gasteiger partial charge in [0.25, 0.3) is 0 Å². The van der Waals surface area contributed by atoms with E-state index >= 15 is 0 Å². The van der Waals surface area contributed by atoms with E-state index < -0.39 is 0 Å². The van der Waals surface area contributed by atoms with Gasteiger partial charge in [-0.2, -0.15) is 0 Å². The van der Waals surface area contributed by atoms with Crippen molar-refractivity contribution in [2.75, 3.05) is 0 Å². The van der Waals surface area contributed by atoms with Crippen molar-refractivity contribution in [3.05, 3.63) is 16.1 Å². The van der Waals surface area contributed by atoms with E-state index in [-0.39, 0.29) is 5.41 Å². The van der Waals surface area contributed by atoms with E-state index in [4.69, 9.17) is 4.98 Å². The van der Waals surface area contributed by atoms with E-state index in [1.807, 2.05) is 0 Å². The summed E-state index contributed by atoms with van der Waals surface area (Å²) in [7, 11) is 0. The van der Waals surface area contributed by atoms with E-state index in [0.717, 1.165) is 0 Å². The molecule has 0 radical (unpaired) electrons. The first-order valence-corrected chi connectivity index (χ1v) is 7.31. The summed E-state index contributed by atoms with van der Waals surface area (Å²) in [6.07, 6.45) is 0. The van der Waals surface area contributed by atoms with Crippen LogP contribution >= 0.6 is 11.3 Å². The molecule has 0 fully saturated rings. The first kappa shape index (κ1) is 14.7. The van der Waals surface area contributed by atoms with Crippen molar-refractivity contribution in [3.63, 3.8) is 0 Å². The molecule has 3 heteroatoms. The molecule has 0 spiro atoms. The molecular weight excluding hydrogens is 228 g/mol. The van der Waals surface area contributed by atoms with Crippen LogP contribution in [0.25, 0.3) is 0 Å². The minimum atomic E-state index is 0.191. The van der Waals surface area contributed by atoms with Crippen LogP contribution in [0.15, 0.2) is 5.38 Å². The van der Waals surface area contributed by atoms with Crippen molar-refractivity contribution in [1.82, 2.24) is 10.3 Å². The number of nitrogens with one attached hydrogen (secondary N) is 1. The predicted octanol–water partition coefficient (Wildman–Crippen LogP) is 4.35. The highest BCUT2D eigenvalue weighted by Gasteiger charge is 2.29. The Bertz CT molecular complexity index is 347. The summed E-state index contributed by atoms with van der Waals surface area (Å²) in [5.41, 5.74) is 1.40. The van der Waals surface area contributed by atoms with Gasteiger partial charge in [0.2, 0.25) is 0 Å². The van der Waals surface area contributed by atoms with Gasteiger partial charge in [0.15, 0.2) is 0 Å². The monoisotopic (exact) mass is 254 g/mol. The smallest absolute Gasteiger partial charge is 0.110 e. The number of thiazole rings is 1. The lowest BCUT2D eigenvalue weighted by Gasteiger charge is -2.31. The third kappa shape index (κ3) is 4.07. The molecule has 1 aromatic heterocycles. The van der Waals surface area contributed by atoms with Crippen LogP contribution in [-0.4, -0.2) is 11.0 Å². The number of rotatable bonds is 4. The van der Waals surface area contributed by atoms with Crippen LogP contribution in [0, 0.1) is 5.41 Å². The molecule has 1 unspecified atom stereocenters. The van der Waals surface area contributed by atoms with Gasteiger partial charge in [-0.1, -0.05) is 48.5 Å². The molecule has 98 valence electrons. The van der Waals surface area contributed by atoms with Gasteiger partial charge in [-0.3, -0.25) is 0 Å². The number of nitrogens with zero attached hydrogens (tertiary/aromatic N) is 1. The van der Waals surface area contributed by atoms with Gasteiger partial charge in [0.05, 0.1) is 11.7 Å². The van der Waals surface area contributed by atoms with Gasteiger partial charge in [-0.15, -0.1) is 11.3 Å². The van der Waals surface area contributed by atoms with Crippen LogP contribution < -0.4 is 5.32 Å². The minimum absolute atomic E-state index is 0.191. The van der Waals surface area contributed by atoms with Crippen molar-refractivity contribution < 1.29 is 0 Å². The van der Waals surface area contributed by atoms with E-state index in [1.54, 1.807) is 11.3 Å². The molecule has 0 saturated heterocycles. The number of hydrogen-bond acceptors (Lipinski definition) is 3. The average Bonchev–Trinajstić information content (AvgIpc) is 2.60. The lowest BCUT2D eigenvalue weighted by Crippen LogP contribution is -2.36. The van der Waals surface area contributed by atoms with E-state index in [0.29, 0.717) is 18.0 Å². The van der Waals surface area contributed by atoms with Crippen LogP contribution in [0.2, 0.25) is 0 Å². The van der Waals surface area contributed by atoms with E-state index in [1.165, 1.54) is 10.7 Å². The van der Waals surface area contributed by atoms with Crippen molar-refractivity contribution in [3.8, 4) is 0 Å². The zero-order valence-corrected chi connectivity index (χ0v) is 13.0. The first-order chi connectivity index (χ1) is 7.71. The van der Waals surface area contributed by atoms with Crippen LogP contribution in [0.1, 0.15) is 71.1 Å². The summed E-state index contributed by atoms with van der Waals surface area (Å²) >= 11 is 1.78. The minimum Gasteiger partial charge on any atom is -0.305 e. The normalized spacial score (nSPS) is 14.6. The van der Waals surface area contributed by atoms with Crippen LogP contribution in [0.4, 0.5) is 0 Å². The molecule has 1 aromatic rings. The van der Waals surface area contributed by atoms with Gasteiger partial charge in [0.1, 0.15) is 5.01 Å². The Morgan fingerprint density at radius 1 is 1.18 bits per heavy atom. The lowest BCUT2D eigenvalue weighted by molar-refractivity contribution is 0.257. The molecule has 0 amide bonds. The SMILES string of the molecule is CC(C)NC(c1nc(C(C)C)cs1)C(C)(C)C. The average molecular weight is 254 g/mol. The van der Waals surface area contributed by atoms with Crippen LogP contribution in [0.5, 0.6) is 0 Å². The lowest BCUT2D eigenvalue weighted by atomic mass is 9.86. The van der Waals surface area contributed by atoms with Gasteiger partial charge >= 0.3 is 0 Å². The van der Waals surface area contributed by atoms with Crippen molar-refractivity contribution in [1.29, 1.82) is 0 Å². The molecule has 1 N–H and O–H groups in total. The molecule has 0 saturated carbocycles. The standard InChI is InChI=1S/C14H26N2S/c1-9(2)11-8-17-13(16-11)12(14(5,6)7)15-10(3)4/h8-10,12,15H,1-7H3. The number of hydrogen-bond donors (Lipinski definition) is 1. The summed E-state index contributed by atoms with van der Waals surface area (Å²) < 4.78 is 0. The second-order valence-electron chi connectivity index (χ2n) is 6.39. The Morgan fingerprint density at radius 2 is 1.76 bits per heavy atom. The first-order valence-electron chi connectivity index (χ1n) is 6.43. The predicted molar refractivity (Wildman–Crippen MR) is 76.7 cm³/mol. The van der Waals surface area contributed by atoms with Crippen molar-refractivity contribution >= 4 is 11.3 Å². The molecule has 17 heavy (non-hydrogen) atoms. The molecule has 1 atom stereocenters. The second kappa shape index (κ2) is 5.49. The van der Waals surface area contributed by atoms with Crippen LogP contribution in [-0.2, 0) is 0 Å². The van der Waals surface area contributed by atoms with E-state index in [2.05, 4.69) is 59.2 Å². The summed E-state index contributed by atoms with van der Waals surface area (Å²) in [6.45, 7) is 15.6. The summed E-state index contributed by atoms with van der Waals surface area (Å²) in [4.78, 5) is 4.79. The molecule has 0 aliphatic heterocycles. The molecule has 0 aromatic carbocycles. The zero-order valence-electron chi connectivity index (χ0n) is 12.2. The quantitative estimate of drug-likeness (QED) is 0.864. The molecule has 1 rings (SSSR count). The largest absolute Gasteiger partial charge is 0.305 e. The van der Waals surface area contributed by atoms with Crippen LogP contribution in [0.3, 0.4) is 0 Å².